The number of allylic oxidation sites excluding steroid dienone is 1. The summed E-state index contributed by atoms with van der Waals surface area (Å²) in [4.78, 5) is 6.29. The second kappa shape index (κ2) is 9.79. The van der Waals surface area contributed by atoms with Crippen molar-refractivity contribution >= 4 is 11.6 Å². The molecule has 0 amide bonds. The lowest BCUT2D eigenvalue weighted by Gasteiger charge is -2.57. The van der Waals surface area contributed by atoms with Gasteiger partial charge in [-0.25, -0.2) is 4.39 Å². The van der Waals surface area contributed by atoms with Gasteiger partial charge in [-0.2, -0.15) is 13.2 Å². The molecule has 8 heteroatoms. The highest BCUT2D eigenvalue weighted by molar-refractivity contribution is 6.30. The van der Waals surface area contributed by atoms with E-state index in [1.165, 1.54) is 12.1 Å². The van der Waals surface area contributed by atoms with Crippen LogP contribution in [0.1, 0.15) is 49.4 Å². The van der Waals surface area contributed by atoms with Gasteiger partial charge in [-0.05, 0) is 62.6 Å². The molecule has 3 nitrogen and oxygen atoms in total. The fourth-order valence-corrected chi connectivity index (χ4v) is 4.49. The van der Waals surface area contributed by atoms with Crippen LogP contribution in [0.25, 0.3) is 0 Å². The van der Waals surface area contributed by atoms with Crippen molar-refractivity contribution in [2.45, 2.75) is 63.3 Å². The van der Waals surface area contributed by atoms with Crippen molar-refractivity contribution < 1.29 is 17.6 Å². The zero-order chi connectivity index (χ0) is 23.5. The number of nitrogens with one attached hydrogen (secondary N) is 1. The number of rotatable bonds is 9. The molecule has 0 radical (unpaired) electrons. The molecule has 1 saturated heterocycles. The van der Waals surface area contributed by atoms with Crippen LogP contribution in [0.5, 0.6) is 0 Å². The van der Waals surface area contributed by atoms with Gasteiger partial charge < -0.3 is 5.32 Å². The third-order valence-electron chi connectivity index (χ3n) is 6.24. The first-order valence-corrected chi connectivity index (χ1v) is 11.0. The van der Waals surface area contributed by atoms with Crippen LogP contribution in [-0.4, -0.2) is 28.6 Å². The van der Waals surface area contributed by atoms with Crippen LogP contribution in [0.4, 0.5) is 17.6 Å². The number of hydrogen-bond donors (Lipinski definition) is 1. The molecule has 0 bridgehead atoms. The Labute approximate surface area is 191 Å². The predicted octanol–water partition coefficient (Wildman–Crippen LogP) is 6.37. The number of halogens is 5. The Morgan fingerprint density at radius 1 is 1.31 bits per heavy atom. The highest BCUT2D eigenvalue weighted by Crippen LogP contribution is 2.41. The number of likely N-dealkylation sites (N-methyl/N-ethyl adjacent to an activating group) is 1. The Morgan fingerprint density at radius 2 is 2.06 bits per heavy atom. The zero-order valence-corrected chi connectivity index (χ0v) is 19.0. The van der Waals surface area contributed by atoms with Crippen LogP contribution < -0.4 is 5.32 Å². The molecular weight excluding hydrogens is 442 g/mol. The highest BCUT2D eigenvalue weighted by Gasteiger charge is 2.49. The summed E-state index contributed by atoms with van der Waals surface area (Å²) < 4.78 is 52.0. The van der Waals surface area contributed by atoms with Crippen LogP contribution in [0.2, 0.25) is 5.02 Å². The van der Waals surface area contributed by atoms with E-state index >= 15 is 0 Å². The minimum atomic E-state index is -4.38. The highest BCUT2D eigenvalue weighted by atomic mass is 35.5. The molecule has 2 unspecified atom stereocenters. The first-order chi connectivity index (χ1) is 15.0. The van der Waals surface area contributed by atoms with E-state index < -0.39 is 17.6 Å². The van der Waals surface area contributed by atoms with E-state index in [2.05, 4.69) is 28.7 Å². The number of pyridine rings is 1. The second-order valence-corrected chi connectivity index (χ2v) is 8.92. The maximum absolute atomic E-state index is 13.6. The number of aromatic nitrogens is 1. The predicted molar refractivity (Wildman–Crippen MR) is 119 cm³/mol. The van der Waals surface area contributed by atoms with Crippen molar-refractivity contribution in [2.24, 2.45) is 0 Å². The van der Waals surface area contributed by atoms with Crippen molar-refractivity contribution in [1.29, 1.82) is 0 Å². The lowest BCUT2D eigenvalue weighted by molar-refractivity contribution is -0.137. The van der Waals surface area contributed by atoms with E-state index in [0.717, 1.165) is 42.8 Å². The minimum absolute atomic E-state index is 0.0884. The lowest BCUT2D eigenvalue weighted by Crippen LogP contribution is -2.69. The van der Waals surface area contributed by atoms with Gasteiger partial charge >= 0.3 is 6.18 Å². The number of aryl methyl sites for hydroxylation is 1. The first kappa shape index (κ1) is 24.5. The molecular formula is C24H28ClF4N3. The summed E-state index contributed by atoms with van der Waals surface area (Å²) >= 11 is 5.73. The van der Waals surface area contributed by atoms with Crippen LogP contribution >= 0.6 is 11.6 Å². The summed E-state index contributed by atoms with van der Waals surface area (Å²) in [6.45, 7) is 6.20. The van der Waals surface area contributed by atoms with Crippen molar-refractivity contribution in [2.75, 3.05) is 7.05 Å². The molecule has 174 valence electrons. The zero-order valence-electron chi connectivity index (χ0n) is 18.3. The Hall–Kier alpha value is -2.12. The van der Waals surface area contributed by atoms with Crippen LogP contribution in [0.15, 0.2) is 48.8 Å². The number of alkyl halides is 3. The smallest absolute Gasteiger partial charge is 0.373 e. The molecule has 1 aliphatic heterocycles. The van der Waals surface area contributed by atoms with Gasteiger partial charge in [-0.3, -0.25) is 9.88 Å². The third kappa shape index (κ3) is 5.62. The van der Waals surface area contributed by atoms with E-state index in [0.29, 0.717) is 25.0 Å². The molecule has 0 spiro atoms. The molecule has 1 fully saturated rings. The van der Waals surface area contributed by atoms with Crippen molar-refractivity contribution in [3.05, 3.63) is 76.5 Å². The quantitative estimate of drug-likeness (QED) is 0.432. The number of nitrogens with zero attached hydrogens (tertiary/aromatic N) is 2. The lowest BCUT2D eigenvalue weighted by atomic mass is 9.75. The van der Waals surface area contributed by atoms with Gasteiger partial charge in [0.1, 0.15) is 5.82 Å². The van der Waals surface area contributed by atoms with E-state index in [4.69, 9.17) is 11.6 Å². The molecule has 2 heterocycles. The van der Waals surface area contributed by atoms with Crippen molar-refractivity contribution in [1.82, 2.24) is 15.2 Å². The fraction of sp³-hybridized carbons (Fsp3) is 0.458. The maximum atomic E-state index is 13.6. The van der Waals surface area contributed by atoms with E-state index in [-0.39, 0.29) is 16.7 Å². The van der Waals surface area contributed by atoms with E-state index in [1.54, 1.807) is 12.1 Å². The summed E-state index contributed by atoms with van der Waals surface area (Å²) in [7, 11) is 2.02. The average Bonchev–Trinajstić information content (AvgIpc) is 2.74. The number of likely N-dealkylation sites (tertiary alicyclic amines) is 1. The molecule has 32 heavy (non-hydrogen) atoms. The topological polar surface area (TPSA) is 28.2 Å². The Bertz CT molecular complexity index is 945. The SMILES string of the molecule is C=C(CCc1ccc(Cl)c(F)c1)NC1CC(CCC)(Cc2ccc(C(F)(F)F)cn2)N1C. The summed E-state index contributed by atoms with van der Waals surface area (Å²) in [6, 6.07) is 7.36. The largest absolute Gasteiger partial charge is 0.417 e. The molecule has 0 saturated carbocycles. The van der Waals surface area contributed by atoms with Gasteiger partial charge in [-0.1, -0.05) is 37.6 Å². The van der Waals surface area contributed by atoms with Gasteiger partial charge in [0.15, 0.2) is 0 Å². The molecule has 3 rings (SSSR count). The average molecular weight is 470 g/mol. The molecule has 2 aromatic rings. The first-order valence-electron chi connectivity index (χ1n) is 10.7. The van der Waals surface area contributed by atoms with Gasteiger partial charge in [-0.15, -0.1) is 0 Å². The van der Waals surface area contributed by atoms with E-state index in [1.807, 2.05) is 7.05 Å². The van der Waals surface area contributed by atoms with Crippen LogP contribution in [-0.2, 0) is 19.0 Å². The summed E-state index contributed by atoms with van der Waals surface area (Å²) in [5, 5.41) is 3.54. The molecule has 2 atom stereocenters. The summed E-state index contributed by atoms with van der Waals surface area (Å²) in [6.07, 6.45) is 1.22. The number of hydrogen-bond acceptors (Lipinski definition) is 3. The minimum Gasteiger partial charge on any atom is -0.373 e. The maximum Gasteiger partial charge on any atom is 0.417 e. The normalized spacial score (nSPS) is 21.3. The van der Waals surface area contributed by atoms with Crippen LogP contribution in [0, 0.1) is 5.82 Å². The molecule has 0 aliphatic carbocycles. The van der Waals surface area contributed by atoms with Gasteiger partial charge in [0, 0.05) is 29.5 Å². The van der Waals surface area contributed by atoms with Crippen molar-refractivity contribution in [3.8, 4) is 0 Å². The monoisotopic (exact) mass is 469 g/mol. The molecule has 1 aromatic carbocycles. The van der Waals surface area contributed by atoms with Gasteiger partial charge in [0.2, 0.25) is 0 Å². The molecule has 1 N–H and O–H groups in total. The standard InChI is InChI=1S/C24H28ClF4N3/c1-4-11-23(13-19-9-8-18(15-30-19)24(27,28)29)14-22(32(23)3)31-16(2)5-6-17-7-10-20(25)21(26)12-17/h7-10,12,15,22,31H,2,4-6,11,13-14H2,1,3H3. The fourth-order valence-electron chi connectivity index (χ4n) is 4.37. The van der Waals surface area contributed by atoms with Crippen LogP contribution in [0.3, 0.4) is 0 Å². The Balaban J connectivity index is 1.56. The summed E-state index contributed by atoms with van der Waals surface area (Å²) in [5.41, 5.74) is 1.48. The van der Waals surface area contributed by atoms with Gasteiger partial charge in [0.25, 0.3) is 0 Å². The van der Waals surface area contributed by atoms with E-state index in [9.17, 15) is 17.6 Å². The second-order valence-electron chi connectivity index (χ2n) is 8.51. The molecule has 1 aromatic heterocycles. The van der Waals surface area contributed by atoms with Gasteiger partial charge in [0.05, 0.1) is 16.8 Å². The molecule has 1 aliphatic rings. The third-order valence-corrected chi connectivity index (χ3v) is 6.54. The Kier molecular flexibility index (Phi) is 7.50. The summed E-state index contributed by atoms with van der Waals surface area (Å²) in [5.74, 6) is -0.428. The Morgan fingerprint density at radius 3 is 2.62 bits per heavy atom. The van der Waals surface area contributed by atoms with Crippen molar-refractivity contribution in [3.63, 3.8) is 0 Å². The number of benzene rings is 1.